The average molecular weight is 315 g/mol. The van der Waals surface area contributed by atoms with Gasteiger partial charge in [-0.1, -0.05) is 24.3 Å². The Labute approximate surface area is 130 Å². The largest absolute Gasteiger partial charge is 0.465 e. The molecule has 0 saturated heterocycles. The van der Waals surface area contributed by atoms with Gasteiger partial charge >= 0.3 is 5.97 Å². The van der Waals surface area contributed by atoms with E-state index < -0.39 is 17.8 Å². The van der Waals surface area contributed by atoms with Crippen molar-refractivity contribution in [2.24, 2.45) is 17.6 Å². The molecule has 0 saturated carbocycles. The van der Waals surface area contributed by atoms with Gasteiger partial charge in [0.15, 0.2) is 0 Å². The molecule has 1 rings (SSSR count). The number of halogens is 1. The molecule has 6 heteroatoms. The van der Waals surface area contributed by atoms with Crippen molar-refractivity contribution in [3.8, 4) is 0 Å². The first-order valence-electron chi connectivity index (χ1n) is 7.19. The molecule has 1 aliphatic carbocycles. The Morgan fingerprint density at radius 3 is 2.90 bits per heavy atom. The standard InChI is InChI=1S/C15H23ClN2O3/c1-3-21-15(20)13(9-17)14(19)18-10(2)7-11-5-4-6-12(16)8-11/h8,11,13H,2-7,9,17H2,1H3,(H,18,19). The molecule has 1 amide bonds. The lowest BCUT2D eigenvalue weighted by Crippen LogP contribution is -2.40. The monoisotopic (exact) mass is 314 g/mol. The van der Waals surface area contributed by atoms with Crippen LogP contribution in [0.1, 0.15) is 32.6 Å². The van der Waals surface area contributed by atoms with Crippen molar-refractivity contribution >= 4 is 23.5 Å². The zero-order valence-corrected chi connectivity index (χ0v) is 13.1. The summed E-state index contributed by atoms with van der Waals surface area (Å²) in [5.74, 6) is -1.79. The van der Waals surface area contributed by atoms with Crippen LogP contribution in [-0.2, 0) is 14.3 Å². The van der Waals surface area contributed by atoms with Crippen LogP contribution in [-0.4, -0.2) is 25.0 Å². The Bertz CT molecular complexity index is 435. The predicted molar refractivity (Wildman–Crippen MR) is 82.4 cm³/mol. The van der Waals surface area contributed by atoms with E-state index in [0.29, 0.717) is 12.1 Å². The molecule has 0 spiro atoms. The number of ether oxygens (including phenoxy) is 1. The van der Waals surface area contributed by atoms with Crippen LogP contribution in [0.5, 0.6) is 0 Å². The number of amides is 1. The van der Waals surface area contributed by atoms with Crippen molar-refractivity contribution in [1.29, 1.82) is 0 Å². The number of carbonyl (C=O) groups is 2. The third-order valence-electron chi connectivity index (χ3n) is 3.34. The molecule has 0 radical (unpaired) electrons. The van der Waals surface area contributed by atoms with Gasteiger partial charge in [-0.15, -0.1) is 0 Å². The summed E-state index contributed by atoms with van der Waals surface area (Å²) in [5.41, 5.74) is 6.03. The van der Waals surface area contributed by atoms with Crippen molar-refractivity contribution in [1.82, 2.24) is 5.32 Å². The van der Waals surface area contributed by atoms with Crippen molar-refractivity contribution in [3.63, 3.8) is 0 Å². The van der Waals surface area contributed by atoms with Crippen LogP contribution in [0, 0.1) is 11.8 Å². The fraction of sp³-hybridized carbons (Fsp3) is 0.600. The van der Waals surface area contributed by atoms with E-state index >= 15 is 0 Å². The van der Waals surface area contributed by atoms with Crippen molar-refractivity contribution in [2.75, 3.05) is 13.2 Å². The average Bonchev–Trinajstić information content (AvgIpc) is 2.39. The highest BCUT2D eigenvalue weighted by Gasteiger charge is 2.27. The van der Waals surface area contributed by atoms with Crippen LogP contribution in [0.2, 0.25) is 0 Å². The van der Waals surface area contributed by atoms with E-state index in [4.69, 9.17) is 22.1 Å². The summed E-state index contributed by atoms with van der Waals surface area (Å²) in [6.07, 6.45) is 5.59. The van der Waals surface area contributed by atoms with Gasteiger partial charge < -0.3 is 15.8 Å². The molecule has 0 fully saturated rings. The lowest BCUT2D eigenvalue weighted by atomic mass is 9.92. The predicted octanol–water partition coefficient (Wildman–Crippen LogP) is 2.07. The lowest BCUT2D eigenvalue weighted by molar-refractivity contribution is -0.151. The van der Waals surface area contributed by atoms with Gasteiger partial charge in [0.2, 0.25) is 5.91 Å². The molecule has 0 heterocycles. The second-order valence-corrected chi connectivity index (χ2v) is 5.59. The smallest absolute Gasteiger partial charge is 0.319 e. The zero-order chi connectivity index (χ0) is 15.8. The first-order chi connectivity index (χ1) is 9.97. The Kier molecular flexibility index (Phi) is 7.47. The number of hydrogen-bond donors (Lipinski definition) is 2. The van der Waals surface area contributed by atoms with Gasteiger partial charge in [-0.05, 0) is 38.5 Å². The molecular formula is C15H23ClN2O3. The van der Waals surface area contributed by atoms with E-state index in [1.807, 2.05) is 6.08 Å². The van der Waals surface area contributed by atoms with Crippen molar-refractivity contribution in [3.05, 3.63) is 23.4 Å². The molecule has 0 aromatic rings. The fourth-order valence-electron chi connectivity index (χ4n) is 2.30. The van der Waals surface area contributed by atoms with Gasteiger partial charge in [-0.25, -0.2) is 0 Å². The quantitative estimate of drug-likeness (QED) is 0.557. The number of rotatable bonds is 7. The van der Waals surface area contributed by atoms with E-state index in [2.05, 4.69) is 11.9 Å². The molecule has 21 heavy (non-hydrogen) atoms. The Morgan fingerprint density at radius 1 is 1.62 bits per heavy atom. The number of esters is 1. The summed E-state index contributed by atoms with van der Waals surface area (Å²) >= 11 is 6.02. The third kappa shape index (κ3) is 5.89. The summed E-state index contributed by atoms with van der Waals surface area (Å²) in [5, 5.41) is 3.50. The van der Waals surface area contributed by atoms with E-state index in [1.54, 1.807) is 6.92 Å². The summed E-state index contributed by atoms with van der Waals surface area (Å²) in [6.45, 7) is 5.65. The van der Waals surface area contributed by atoms with Gasteiger partial charge in [0.1, 0.15) is 5.92 Å². The number of hydrogen-bond acceptors (Lipinski definition) is 4. The molecule has 0 aromatic heterocycles. The minimum atomic E-state index is -0.993. The molecule has 1 aliphatic rings. The van der Waals surface area contributed by atoms with Crippen LogP contribution >= 0.6 is 11.6 Å². The maximum Gasteiger partial charge on any atom is 0.319 e. The molecule has 2 atom stereocenters. The maximum absolute atomic E-state index is 12.0. The zero-order valence-electron chi connectivity index (χ0n) is 12.4. The molecule has 118 valence electrons. The minimum absolute atomic E-state index is 0.0902. The summed E-state index contributed by atoms with van der Waals surface area (Å²) in [7, 11) is 0. The van der Waals surface area contributed by atoms with Crippen molar-refractivity contribution in [2.45, 2.75) is 32.6 Å². The van der Waals surface area contributed by atoms with Crippen LogP contribution in [0.25, 0.3) is 0 Å². The number of carbonyl (C=O) groups excluding carboxylic acids is 2. The number of nitrogens with one attached hydrogen (secondary N) is 1. The van der Waals surface area contributed by atoms with E-state index in [0.717, 1.165) is 24.3 Å². The molecule has 0 aliphatic heterocycles. The SMILES string of the molecule is C=C(CC1C=C(Cl)CCC1)NC(=O)C(CN)C(=O)OCC. The molecule has 2 unspecified atom stereocenters. The molecule has 0 bridgehead atoms. The molecule has 0 aromatic carbocycles. The van der Waals surface area contributed by atoms with Gasteiger partial charge in [0, 0.05) is 17.3 Å². The van der Waals surface area contributed by atoms with Gasteiger partial charge in [0.25, 0.3) is 0 Å². The van der Waals surface area contributed by atoms with Crippen LogP contribution in [0.3, 0.4) is 0 Å². The Hall–Kier alpha value is -1.33. The molecular weight excluding hydrogens is 292 g/mol. The fourth-order valence-corrected chi connectivity index (χ4v) is 2.61. The van der Waals surface area contributed by atoms with Gasteiger partial charge in [-0.3, -0.25) is 9.59 Å². The Balaban J connectivity index is 2.51. The van der Waals surface area contributed by atoms with Crippen LogP contribution in [0.15, 0.2) is 23.4 Å². The number of allylic oxidation sites excluding steroid dienone is 3. The summed E-state index contributed by atoms with van der Waals surface area (Å²) in [6, 6.07) is 0. The highest BCUT2D eigenvalue weighted by atomic mass is 35.5. The van der Waals surface area contributed by atoms with Gasteiger partial charge in [0.05, 0.1) is 6.61 Å². The first kappa shape index (κ1) is 17.7. The maximum atomic E-state index is 12.0. The highest BCUT2D eigenvalue weighted by molar-refractivity contribution is 6.29. The second-order valence-electron chi connectivity index (χ2n) is 5.10. The van der Waals surface area contributed by atoms with Crippen LogP contribution < -0.4 is 11.1 Å². The number of nitrogens with two attached hydrogens (primary N) is 1. The van der Waals surface area contributed by atoms with E-state index in [9.17, 15) is 9.59 Å². The van der Waals surface area contributed by atoms with Gasteiger partial charge in [-0.2, -0.15) is 0 Å². The first-order valence-corrected chi connectivity index (χ1v) is 7.57. The third-order valence-corrected chi connectivity index (χ3v) is 3.65. The normalized spacial score (nSPS) is 19.4. The second kappa shape index (κ2) is 8.85. The highest BCUT2D eigenvalue weighted by Crippen LogP contribution is 2.28. The Morgan fingerprint density at radius 2 is 2.33 bits per heavy atom. The van der Waals surface area contributed by atoms with E-state index in [1.165, 1.54) is 0 Å². The molecule has 5 nitrogen and oxygen atoms in total. The molecule has 3 N–H and O–H groups in total. The summed E-state index contributed by atoms with van der Waals surface area (Å²) < 4.78 is 4.83. The summed E-state index contributed by atoms with van der Waals surface area (Å²) in [4.78, 5) is 23.6. The van der Waals surface area contributed by atoms with Crippen molar-refractivity contribution < 1.29 is 14.3 Å². The lowest BCUT2D eigenvalue weighted by Gasteiger charge is -2.20. The van der Waals surface area contributed by atoms with Crippen LogP contribution in [0.4, 0.5) is 0 Å². The minimum Gasteiger partial charge on any atom is -0.465 e. The topological polar surface area (TPSA) is 81.4 Å². The van der Waals surface area contributed by atoms with E-state index in [-0.39, 0.29) is 19.1 Å².